The SMILES string of the molecule is Cc1c(Nc2nccc3cc(CN4CC[C@H](O)C4)cnc23)cccc1-c1cccc(Nc2nccc3cc(CN4CC[C@H](C(=O)O)C4)cnc23)c1C. The van der Waals surface area contributed by atoms with Crippen molar-refractivity contribution < 1.29 is 15.0 Å². The molecule has 8 rings (SSSR count). The van der Waals surface area contributed by atoms with E-state index >= 15 is 0 Å². The van der Waals surface area contributed by atoms with Gasteiger partial charge in [0.2, 0.25) is 0 Å². The maximum absolute atomic E-state index is 11.4. The number of hydrogen-bond acceptors (Lipinski definition) is 10. The Morgan fingerprint density at radius 2 is 1.25 bits per heavy atom. The number of carboxylic acids is 1. The average Bonchev–Trinajstić information content (AvgIpc) is 3.79. The average molecular weight is 695 g/mol. The summed E-state index contributed by atoms with van der Waals surface area (Å²) < 4.78 is 0. The first-order valence-electron chi connectivity index (χ1n) is 17.9. The van der Waals surface area contributed by atoms with Crippen molar-refractivity contribution in [1.29, 1.82) is 0 Å². The molecule has 4 aromatic heterocycles. The van der Waals surface area contributed by atoms with Crippen molar-refractivity contribution >= 4 is 50.8 Å². The minimum atomic E-state index is -0.721. The second-order valence-electron chi connectivity index (χ2n) is 14.1. The van der Waals surface area contributed by atoms with Gasteiger partial charge in [0.1, 0.15) is 11.0 Å². The number of rotatable bonds is 10. The van der Waals surface area contributed by atoms with Gasteiger partial charge in [-0.05, 0) is 103 Å². The van der Waals surface area contributed by atoms with E-state index < -0.39 is 5.97 Å². The van der Waals surface area contributed by atoms with Crippen LogP contribution in [0.5, 0.6) is 0 Å². The molecule has 0 spiro atoms. The van der Waals surface area contributed by atoms with E-state index in [1.54, 1.807) is 6.20 Å². The van der Waals surface area contributed by atoms with Gasteiger partial charge in [0.25, 0.3) is 0 Å². The van der Waals surface area contributed by atoms with E-state index in [4.69, 9.17) is 9.97 Å². The zero-order chi connectivity index (χ0) is 35.8. The third-order valence-corrected chi connectivity index (χ3v) is 10.5. The Bertz CT molecular complexity index is 2300. The summed E-state index contributed by atoms with van der Waals surface area (Å²) in [6.07, 6.45) is 8.64. The molecule has 0 radical (unpaired) electrons. The molecule has 0 bridgehead atoms. The largest absolute Gasteiger partial charge is 0.481 e. The highest BCUT2D eigenvalue weighted by molar-refractivity contribution is 5.92. The highest BCUT2D eigenvalue weighted by Crippen LogP contribution is 2.36. The second kappa shape index (κ2) is 14.3. The van der Waals surface area contributed by atoms with Crippen LogP contribution in [0.25, 0.3) is 32.9 Å². The van der Waals surface area contributed by atoms with E-state index in [1.807, 2.05) is 30.7 Å². The Labute approximate surface area is 302 Å². The number of hydrogen-bond donors (Lipinski definition) is 4. The molecule has 2 aromatic carbocycles. The molecule has 4 N–H and O–H groups in total. The number of benzene rings is 2. The van der Waals surface area contributed by atoms with Gasteiger partial charge in [-0.25, -0.2) is 9.97 Å². The quantitative estimate of drug-likeness (QED) is 0.120. The van der Waals surface area contributed by atoms with Crippen LogP contribution >= 0.6 is 0 Å². The van der Waals surface area contributed by atoms with Crippen LogP contribution in [-0.4, -0.2) is 78.2 Å². The summed E-state index contributed by atoms with van der Waals surface area (Å²) in [5.74, 6) is 0.362. The van der Waals surface area contributed by atoms with Gasteiger partial charge in [0.05, 0.1) is 12.0 Å². The fourth-order valence-corrected chi connectivity index (χ4v) is 7.60. The first kappa shape index (κ1) is 33.6. The molecule has 11 heteroatoms. The standard InChI is InChI=1S/C41H42N8O3/c1-25-33(5-3-7-35(25)46-39-37-29(9-13-42-39)17-27(19-44-37)21-48-15-11-31(23-48)41(51)52)34-6-4-8-36(26(34)2)47-40-38-30(10-14-43-40)18-28(20-45-38)22-49-16-12-32(50)24-49/h3-10,13-14,17-20,31-32,50H,11-12,15-16,21-24H2,1-2H3,(H,42,46)(H,43,47)(H,51,52)/t31-,32-/m0/s1. The van der Waals surface area contributed by atoms with E-state index in [0.29, 0.717) is 37.7 Å². The molecule has 0 unspecified atom stereocenters. The van der Waals surface area contributed by atoms with Crippen molar-refractivity contribution in [1.82, 2.24) is 29.7 Å². The number of β-amino-alcohol motifs (C(OH)–C–C–N with tert-alkyl or cyclic N) is 1. The summed E-state index contributed by atoms with van der Waals surface area (Å²) >= 11 is 0. The van der Waals surface area contributed by atoms with Crippen LogP contribution in [0, 0.1) is 19.8 Å². The fraction of sp³-hybridized carbons (Fsp3) is 0.293. The summed E-state index contributed by atoms with van der Waals surface area (Å²) in [5.41, 5.74) is 10.0. The lowest BCUT2D eigenvalue weighted by Crippen LogP contribution is -2.22. The number of aromatic nitrogens is 4. The number of likely N-dealkylation sites (tertiary alicyclic amines) is 2. The monoisotopic (exact) mass is 694 g/mol. The van der Waals surface area contributed by atoms with Crippen LogP contribution in [0.1, 0.15) is 35.1 Å². The summed E-state index contributed by atoms with van der Waals surface area (Å²) in [5, 5.41) is 28.4. The van der Waals surface area contributed by atoms with E-state index in [-0.39, 0.29) is 12.0 Å². The molecule has 52 heavy (non-hydrogen) atoms. The van der Waals surface area contributed by atoms with Crippen molar-refractivity contribution in [3.05, 3.63) is 108 Å². The summed E-state index contributed by atoms with van der Waals surface area (Å²) in [6, 6.07) is 20.8. The van der Waals surface area contributed by atoms with Crippen LogP contribution < -0.4 is 10.6 Å². The van der Waals surface area contributed by atoms with Crippen LogP contribution in [0.4, 0.5) is 23.0 Å². The minimum Gasteiger partial charge on any atom is -0.481 e. The van der Waals surface area contributed by atoms with Crippen LogP contribution in [0.2, 0.25) is 0 Å². The Balaban J connectivity index is 1.02. The van der Waals surface area contributed by atoms with Crippen LogP contribution in [0.3, 0.4) is 0 Å². The van der Waals surface area contributed by atoms with Gasteiger partial charge in [-0.2, -0.15) is 0 Å². The Hall–Kier alpha value is -5.49. The van der Waals surface area contributed by atoms with Gasteiger partial charge in [-0.1, -0.05) is 24.3 Å². The number of nitrogens with one attached hydrogen (secondary N) is 2. The van der Waals surface area contributed by atoms with Gasteiger partial charge < -0.3 is 20.8 Å². The fourth-order valence-electron chi connectivity index (χ4n) is 7.60. The zero-order valence-electron chi connectivity index (χ0n) is 29.4. The Morgan fingerprint density at radius 3 is 1.73 bits per heavy atom. The number of nitrogens with zero attached hydrogens (tertiary/aromatic N) is 6. The molecule has 0 aliphatic carbocycles. The van der Waals surface area contributed by atoms with Crippen molar-refractivity contribution in [3.63, 3.8) is 0 Å². The molecule has 2 atom stereocenters. The third-order valence-electron chi connectivity index (χ3n) is 10.5. The lowest BCUT2D eigenvalue weighted by Gasteiger charge is -2.18. The van der Waals surface area contributed by atoms with Crippen molar-refractivity contribution in [2.45, 2.75) is 45.9 Å². The molecular formula is C41H42N8O3. The molecule has 0 saturated carbocycles. The summed E-state index contributed by atoms with van der Waals surface area (Å²) in [7, 11) is 0. The normalized spacial score (nSPS) is 18.0. The summed E-state index contributed by atoms with van der Waals surface area (Å²) in [4.78, 5) is 34.8. The maximum atomic E-state index is 11.4. The highest BCUT2D eigenvalue weighted by Gasteiger charge is 2.28. The number of aliphatic hydroxyl groups excluding tert-OH is 1. The zero-order valence-corrected chi connectivity index (χ0v) is 29.4. The van der Waals surface area contributed by atoms with E-state index in [0.717, 1.165) is 92.6 Å². The first-order chi connectivity index (χ1) is 25.3. The predicted molar refractivity (Wildman–Crippen MR) is 204 cm³/mol. The number of carbonyl (C=O) groups is 1. The lowest BCUT2D eigenvalue weighted by molar-refractivity contribution is -0.141. The molecule has 11 nitrogen and oxygen atoms in total. The minimum absolute atomic E-state index is 0.243. The molecular weight excluding hydrogens is 653 g/mol. The number of anilines is 4. The molecule has 2 saturated heterocycles. The highest BCUT2D eigenvalue weighted by atomic mass is 16.4. The molecule has 6 heterocycles. The van der Waals surface area contributed by atoms with Gasteiger partial charge >= 0.3 is 5.97 Å². The lowest BCUT2D eigenvalue weighted by atomic mass is 9.94. The van der Waals surface area contributed by atoms with Crippen molar-refractivity contribution in [2.24, 2.45) is 5.92 Å². The number of fused-ring (bicyclic) bond motifs is 2. The number of aliphatic carboxylic acids is 1. The van der Waals surface area contributed by atoms with Crippen molar-refractivity contribution in [3.8, 4) is 11.1 Å². The van der Waals surface area contributed by atoms with Gasteiger partial charge in [0.15, 0.2) is 11.6 Å². The molecule has 0 amide bonds. The smallest absolute Gasteiger partial charge is 0.307 e. The van der Waals surface area contributed by atoms with Crippen LogP contribution in [0.15, 0.2) is 85.5 Å². The van der Waals surface area contributed by atoms with E-state index in [1.165, 1.54) is 0 Å². The van der Waals surface area contributed by atoms with Crippen LogP contribution in [-0.2, 0) is 17.9 Å². The predicted octanol–water partition coefficient (Wildman–Crippen LogP) is 6.82. The summed E-state index contributed by atoms with van der Waals surface area (Å²) in [6.45, 7) is 8.61. The van der Waals surface area contributed by atoms with Crippen molar-refractivity contribution in [2.75, 3.05) is 36.8 Å². The third kappa shape index (κ3) is 6.90. The van der Waals surface area contributed by atoms with E-state index in [9.17, 15) is 15.0 Å². The van der Waals surface area contributed by atoms with E-state index in [2.05, 4.69) is 92.8 Å². The maximum Gasteiger partial charge on any atom is 0.307 e. The van der Waals surface area contributed by atoms with Gasteiger partial charge in [-0.3, -0.25) is 24.6 Å². The molecule has 2 aliphatic heterocycles. The Kier molecular flexibility index (Phi) is 9.23. The molecule has 6 aromatic rings. The topological polar surface area (TPSA) is 140 Å². The molecule has 2 aliphatic rings. The van der Waals surface area contributed by atoms with Gasteiger partial charge in [0, 0.05) is 79.7 Å². The molecule has 2 fully saturated rings. The number of carboxylic acid groups (broad SMARTS) is 1. The number of aliphatic hydroxyl groups is 1. The van der Waals surface area contributed by atoms with Gasteiger partial charge in [-0.15, -0.1) is 0 Å². The first-order valence-corrected chi connectivity index (χ1v) is 17.9. The Morgan fingerprint density at radius 1 is 0.731 bits per heavy atom. The number of pyridine rings is 4. The second-order valence-corrected chi connectivity index (χ2v) is 14.1. The molecule has 264 valence electrons.